The van der Waals surface area contributed by atoms with Crippen molar-refractivity contribution in [3.63, 3.8) is 0 Å². The van der Waals surface area contributed by atoms with Crippen LogP contribution in [-0.4, -0.2) is 33.7 Å². The van der Waals surface area contributed by atoms with Crippen molar-refractivity contribution in [3.8, 4) is 0 Å². The number of aliphatic hydroxyl groups excluding tert-OH is 1. The summed E-state index contributed by atoms with van der Waals surface area (Å²) >= 11 is 0. The van der Waals surface area contributed by atoms with E-state index in [1.807, 2.05) is 0 Å². The zero-order valence-electron chi connectivity index (χ0n) is 8.92. The number of nitrogens with two attached hydrogens (primary N) is 2. The summed E-state index contributed by atoms with van der Waals surface area (Å²) in [7, 11) is -2.02. The summed E-state index contributed by atoms with van der Waals surface area (Å²) in [4.78, 5) is 1.66. The summed E-state index contributed by atoms with van der Waals surface area (Å²) in [6, 6.07) is 4.45. The van der Waals surface area contributed by atoms with Gasteiger partial charge in [0.25, 0.3) is 0 Å². The van der Waals surface area contributed by atoms with Gasteiger partial charge in [-0.3, -0.25) is 0 Å². The first-order chi connectivity index (χ1) is 7.36. The second kappa shape index (κ2) is 4.69. The van der Waals surface area contributed by atoms with Gasteiger partial charge in [0.15, 0.2) is 0 Å². The van der Waals surface area contributed by atoms with Crippen LogP contribution in [0.1, 0.15) is 0 Å². The zero-order chi connectivity index (χ0) is 12.3. The summed E-state index contributed by atoms with van der Waals surface area (Å²) < 4.78 is 22.2. The van der Waals surface area contributed by atoms with Gasteiger partial charge in [-0.25, -0.2) is 13.6 Å². The molecule has 0 saturated heterocycles. The number of nitrogen functional groups attached to an aromatic ring is 1. The lowest BCUT2D eigenvalue weighted by Gasteiger charge is -2.18. The standard InChI is InChI=1S/C9H15N3O3S/c1-12(4-5-13)7-2-3-9(8(10)6-7)16(11,14)15/h2-3,6,13H,4-5,10H2,1H3,(H2,11,14,15). The maximum absolute atomic E-state index is 11.1. The lowest BCUT2D eigenvalue weighted by Crippen LogP contribution is -2.22. The summed E-state index contributed by atoms with van der Waals surface area (Å²) in [5.74, 6) is 0. The highest BCUT2D eigenvalue weighted by atomic mass is 32.2. The molecule has 6 nitrogen and oxygen atoms in total. The van der Waals surface area contributed by atoms with E-state index in [1.165, 1.54) is 12.1 Å². The Kier molecular flexibility index (Phi) is 3.74. The molecule has 1 aromatic rings. The average Bonchev–Trinajstić information content (AvgIpc) is 2.16. The Morgan fingerprint density at radius 2 is 2.06 bits per heavy atom. The van der Waals surface area contributed by atoms with Crippen molar-refractivity contribution >= 4 is 21.4 Å². The largest absolute Gasteiger partial charge is 0.398 e. The number of anilines is 2. The maximum atomic E-state index is 11.1. The number of nitrogens with zero attached hydrogens (tertiary/aromatic N) is 1. The molecule has 0 saturated carbocycles. The van der Waals surface area contributed by atoms with Crippen molar-refractivity contribution in [3.05, 3.63) is 18.2 Å². The van der Waals surface area contributed by atoms with E-state index in [2.05, 4.69) is 0 Å². The molecule has 0 unspecified atom stereocenters. The Balaban J connectivity index is 3.09. The van der Waals surface area contributed by atoms with Crippen LogP contribution in [0.15, 0.2) is 23.1 Å². The summed E-state index contributed by atoms with van der Waals surface area (Å²) in [6.45, 7) is 0.446. The third kappa shape index (κ3) is 2.84. The van der Waals surface area contributed by atoms with Gasteiger partial charge in [0.05, 0.1) is 12.3 Å². The monoisotopic (exact) mass is 245 g/mol. The molecule has 0 atom stereocenters. The number of rotatable bonds is 4. The number of hydrogen-bond acceptors (Lipinski definition) is 5. The van der Waals surface area contributed by atoms with Gasteiger partial charge in [-0.05, 0) is 18.2 Å². The van der Waals surface area contributed by atoms with Crippen LogP contribution < -0.4 is 15.8 Å². The minimum absolute atomic E-state index is 0.00729. The van der Waals surface area contributed by atoms with Crippen LogP contribution in [-0.2, 0) is 10.0 Å². The molecule has 16 heavy (non-hydrogen) atoms. The molecule has 7 heteroatoms. The SMILES string of the molecule is CN(CCO)c1ccc(S(N)(=O)=O)c(N)c1. The van der Waals surface area contributed by atoms with Crippen LogP contribution in [0.2, 0.25) is 0 Å². The molecule has 0 bridgehead atoms. The predicted molar refractivity (Wildman–Crippen MR) is 62.6 cm³/mol. The van der Waals surface area contributed by atoms with Crippen LogP contribution >= 0.6 is 0 Å². The van der Waals surface area contributed by atoms with E-state index in [0.29, 0.717) is 6.54 Å². The number of aliphatic hydroxyl groups is 1. The molecular formula is C9H15N3O3S. The van der Waals surface area contributed by atoms with E-state index in [0.717, 1.165) is 5.69 Å². The van der Waals surface area contributed by atoms with E-state index in [-0.39, 0.29) is 17.2 Å². The molecule has 0 heterocycles. The first-order valence-corrected chi connectivity index (χ1v) is 6.15. The molecule has 0 amide bonds. The smallest absolute Gasteiger partial charge is 0.240 e. The van der Waals surface area contributed by atoms with Crippen LogP contribution in [0.4, 0.5) is 11.4 Å². The Bertz CT molecular complexity index is 473. The Morgan fingerprint density at radius 3 is 2.50 bits per heavy atom. The Morgan fingerprint density at radius 1 is 1.44 bits per heavy atom. The van der Waals surface area contributed by atoms with Gasteiger partial charge < -0.3 is 15.7 Å². The molecule has 0 aliphatic heterocycles. The van der Waals surface area contributed by atoms with Crippen molar-refractivity contribution < 1.29 is 13.5 Å². The fourth-order valence-electron chi connectivity index (χ4n) is 1.31. The maximum Gasteiger partial charge on any atom is 0.240 e. The highest BCUT2D eigenvalue weighted by molar-refractivity contribution is 7.89. The number of sulfonamides is 1. The van der Waals surface area contributed by atoms with Crippen LogP contribution in [0.3, 0.4) is 0 Å². The number of primary sulfonamides is 1. The normalized spacial score (nSPS) is 11.4. The van der Waals surface area contributed by atoms with E-state index >= 15 is 0 Å². The molecule has 0 radical (unpaired) electrons. The molecule has 0 aliphatic carbocycles. The second-order valence-corrected chi connectivity index (χ2v) is 4.94. The van der Waals surface area contributed by atoms with Gasteiger partial charge in [0.1, 0.15) is 4.90 Å². The fourth-order valence-corrected chi connectivity index (χ4v) is 1.96. The summed E-state index contributed by atoms with van der Waals surface area (Å²) in [5, 5.41) is 13.7. The molecular weight excluding hydrogens is 230 g/mol. The third-order valence-corrected chi connectivity index (χ3v) is 3.16. The van der Waals surface area contributed by atoms with Crippen molar-refractivity contribution in [2.75, 3.05) is 30.8 Å². The van der Waals surface area contributed by atoms with Crippen molar-refractivity contribution in [2.24, 2.45) is 5.14 Å². The predicted octanol–water partition coefficient (Wildman–Crippen LogP) is -0.655. The third-order valence-electron chi connectivity index (χ3n) is 2.18. The lowest BCUT2D eigenvalue weighted by molar-refractivity contribution is 0.304. The topological polar surface area (TPSA) is 110 Å². The summed E-state index contributed by atoms with van der Waals surface area (Å²) in [5.41, 5.74) is 6.42. The van der Waals surface area contributed by atoms with Gasteiger partial charge in [0, 0.05) is 19.3 Å². The van der Waals surface area contributed by atoms with Crippen LogP contribution in [0, 0.1) is 0 Å². The second-order valence-electron chi connectivity index (χ2n) is 3.41. The van der Waals surface area contributed by atoms with Crippen LogP contribution in [0.25, 0.3) is 0 Å². The van der Waals surface area contributed by atoms with Crippen LogP contribution in [0.5, 0.6) is 0 Å². The summed E-state index contributed by atoms with van der Waals surface area (Å²) in [6.07, 6.45) is 0. The van der Waals surface area contributed by atoms with E-state index < -0.39 is 10.0 Å². The zero-order valence-corrected chi connectivity index (χ0v) is 9.74. The van der Waals surface area contributed by atoms with E-state index in [9.17, 15) is 8.42 Å². The van der Waals surface area contributed by atoms with Crippen molar-refractivity contribution in [1.29, 1.82) is 0 Å². The number of likely N-dealkylation sites (N-methyl/N-ethyl adjacent to an activating group) is 1. The molecule has 1 aromatic carbocycles. The fraction of sp³-hybridized carbons (Fsp3) is 0.333. The minimum Gasteiger partial charge on any atom is -0.398 e. The van der Waals surface area contributed by atoms with E-state index in [1.54, 1.807) is 18.0 Å². The molecule has 90 valence electrons. The van der Waals surface area contributed by atoms with Gasteiger partial charge in [-0.15, -0.1) is 0 Å². The average molecular weight is 245 g/mol. The molecule has 0 fully saturated rings. The molecule has 5 N–H and O–H groups in total. The minimum atomic E-state index is -3.78. The lowest BCUT2D eigenvalue weighted by atomic mass is 10.2. The molecule has 0 aliphatic rings. The first-order valence-electron chi connectivity index (χ1n) is 4.60. The molecule has 0 spiro atoms. The van der Waals surface area contributed by atoms with Gasteiger partial charge in [-0.1, -0.05) is 0 Å². The quantitative estimate of drug-likeness (QED) is 0.610. The molecule has 0 aromatic heterocycles. The Labute approximate surface area is 94.5 Å². The highest BCUT2D eigenvalue weighted by Gasteiger charge is 2.13. The van der Waals surface area contributed by atoms with E-state index in [4.69, 9.17) is 16.0 Å². The van der Waals surface area contributed by atoms with Crippen molar-refractivity contribution in [1.82, 2.24) is 0 Å². The molecule has 1 rings (SSSR count). The van der Waals surface area contributed by atoms with Gasteiger partial charge in [-0.2, -0.15) is 0 Å². The number of hydrogen-bond donors (Lipinski definition) is 3. The van der Waals surface area contributed by atoms with Gasteiger partial charge >= 0.3 is 0 Å². The van der Waals surface area contributed by atoms with Crippen molar-refractivity contribution in [2.45, 2.75) is 4.90 Å². The Hall–Kier alpha value is -1.31. The highest BCUT2D eigenvalue weighted by Crippen LogP contribution is 2.23. The first kappa shape index (κ1) is 12.8. The number of benzene rings is 1. The van der Waals surface area contributed by atoms with Gasteiger partial charge in [0.2, 0.25) is 10.0 Å².